The third-order valence-corrected chi connectivity index (χ3v) is 3.64. The van der Waals surface area contributed by atoms with E-state index in [0.717, 1.165) is 36.9 Å². The van der Waals surface area contributed by atoms with Gasteiger partial charge in [0.15, 0.2) is 0 Å². The average molecular weight is 310 g/mol. The van der Waals surface area contributed by atoms with Crippen LogP contribution in [0.5, 0.6) is 0 Å². The van der Waals surface area contributed by atoms with E-state index in [-0.39, 0.29) is 0 Å². The van der Waals surface area contributed by atoms with Gasteiger partial charge in [0.2, 0.25) is 0 Å². The number of esters is 1. The van der Waals surface area contributed by atoms with Crippen LogP contribution in [0.3, 0.4) is 0 Å². The number of piperazine rings is 1. The third-order valence-electron chi connectivity index (χ3n) is 3.39. The summed E-state index contributed by atoms with van der Waals surface area (Å²) < 4.78 is 4.86. The van der Waals surface area contributed by atoms with E-state index < -0.39 is 5.97 Å². The van der Waals surface area contributed by atoms with Gasteiger partial charge in [0.05, 0.1) is 12.7 Å². The Balaban J connectivity index is 1.91. The largest absolute Gasteiger partial charge is 0.463 e. The molecule has 1 fully saturated rings. The number of rotatable bonds is 4. The number of nitrogens with two attached hydrogens (primary N) is 1. The molecule has 1 aliphatic rings. The van der Waals surface area contributed by atoms with Crippen molar-refractivity contribution in [3.63, 3.8) is 0 Å². The van der Waals surface area contributed by atoms with Crippen LogP contribution in [0, 0.1) is 0 Å². The second kappa shape index (κ2) is 7.22. The highest BCUT2D eigenvalue weighted by molar-refractivity contribution is 6.30. The number of carbonyl (C=O) groups is 1. The molecule has 0 amide bonds. The Hall–Kier alpha value is -1.88. The smallest absolute Gasteiger partial charge is 0.334 e. The van der Waals surface area contributed by atoms with Gasteiger partial charge in [-0.2, -0.15) is 0 Å². The molecule has 0 spiro atoms. The molecule has 1 heterocycles. The number of hydrogen-bond donors (Lipinski definition) is 1. The van der Waals surface area contributed by atoms with Crippen molar-refractivity contribution in [2.45, 2.75) is 6.92 Å². The van der Waals surface area contributed by atoms with Gasteiger partial charge in [-0.25, -0.2) is 4.79 Å². The standard InChI is InChI=1S/C15H20ClN3O2/c1-2-21-15(20)11-14(17)19-9-7-18(8-10-19)13-5-3-12(16)4-6-13/h3-6,11H,2,7-10,17H2,1H3. The lowest BCUT2D eigenvalue weighted by atomic mass is 10.2. The molecule has 0 unspecified atom stereocenters. The van der Waals surface area contributed by atoms with Crippen molar-refractivity contribution < 1.29 is 9.53 Å². The fraction of sp³-hybridized carbons (Fsp3) is 0.400. The molecule has 21 heavy (non-hydrogen) atoms. The fourth-order valence-corrected chi connectivity index (χ4v) is 2.40. The van der Waals surface area contributed by atoms with Crippen LogP contribution in [0.15, 0.2) is 36.2 Å². The minimum atomic E-state index is -0.393. The van der Waals surface area contributed by atoms with Crippen molar-refractivity contribution >= 4 is 23.3 Å². The van der Waals surface area contributed by atoms with Crippen LogP contribution >= 0.6 is 11.6 Å². The van der Waals surface area contributed by atoms with Gasteiger partial charge in [-0.05, 0) is 31.2 Å². The molecule has 6 heteroatoms. The van der Waals surface area contributed by atoms with Crippen LogP contribution in [-0.4, -0.2) is 43.7 Å². The molecule has 1 saturated heterocycles. The number of carbonyl (C=O) groups excluding carboxylic acids is 1. The van der Waals surface area contributed by atoms with E-state index in [1.165, 1.54) is 6.08 Å². The van der Waals surface area contributed by atoms with Gasteiger partial charge >= 0.3 is 5.97 Å². The predicted molar refractivity (Wildman–Crippen MR) is 84.1 cm³/mol. The lowest BCUT2D eigenvalue weighted by Gasteiger charge is -2.37. The number of hydrogen-bond acceptors (Lipinski definition) is 5. The molecule has 0 aromatic heterocycles. The molecule has 1 aromatic rings. The van der Waals surface area contributed by atoms with Gasteiger partial charge in [-0.3, -0.25) is 0 Å². The van der Waals surface area contributed by atoms with E-state index >= 15 is 0 Å². The van der Waals surface area contributed by atoms with E-state index in [0.29, 0.717) is 12.4 Å². The summed E-state index contributed by atoms with van der Waals surface area (Å²) in [7, 11) is 0. The average Bonchev–Trinajstić information content (AvgIpc) is 2.48. The van der Waals surface area contributed by atoms with Crippen LogP contribution in [-0.2, 0) is 9.53 Å². The highest BCUT2D eigenvalue weighted by Gasteiger charge is 2.18. The Morgan fingerprint density at radius 3 is 2.48 bits per heavy atom. The van der Waals surface area contributed by atoms with E-state index in [1.807, 2.05) is 29.2 Å². The first-order chi connectivity index (χ1) is 10.1. The summed E-state index contributed by atoms with van der Waals surface area (Å²) in [4.78, 5) is 15.6. The maximum absolute atomic E-state index is 11.4. The van der Waals surface area contributed by atoms with Crippen molar-refractivity contribution in [3.05, 3.63) is 41.2 Å². The summed E-state index contributed by atoms with van der Waals surface area (Å²) in [5.74, 6) is 0.0688. The van der Waals surface area contributed by atoms with Crippen molar-refractivity contribution in [2.24, 2.45) is 5.73 Å². The number of ether oxygens (including phenoxy) is 1. The molecule has 0 bridgehead atoms. The second-order valence-electron chi connectivity index (χ2n) is 4.77. The zero-order chi connectivity index (χ0) is 15.2. The van der Waals surface area contributed by atoms with Crippen LogP contribution in [0.1, 0.15) is 6.92 Å². The fourth-order valence-electron chi connectivity index (χ4n) is 2.27. The zero-order valence-electron chi connectivity index (χ0n) is 12.1. The van der Waals surface area contributed by atoms with E-state index in [9.17, 15) is 4.79 Å². The molecule has 114 valence electrons. The second-order valence-corrected chi connectivity index (χ2v) is 5.21. The maximum Gasteiger partial charge on any atom is 0.334 e. The summed E-state index contributed by atoms with van der Waals surface area (Å²) in [5.41, 5.74) is 7.08. The topological polar surface area (TPSA) is 58.8 Å². The quantitative estimate of drug-likeness (QED) is 0.679. The van der Waals surface area contributed by atoms with Crippen LogP contribution in [0.25, 0.3) is 0 Å². The molecular formula is C15H20ClN3O2. The third kappa shape index (κ3) is 4.29. The first-order valence-corrected chi connectivity index (χ1v) is 7.37. The maximum atomic E-state index is 11.4. The molecule has 0 atom stereocenters. The molecule has 1 aromatic carbocycles. The van der Waals surface area contributed by atoms with Crippen LogP contribution < -0.4 is 10.6 Å². The summed E-state index contributed by atoms with van der Waals surface area (Å²) >= 11 is 5.89. The van der Waals surface area contributed by atoms with Crippen molar-refractivity contribution in [2.75, 3.05) is 37.7 Å². The monoisotopic (exact) mass is 309 g/mol. The van der Waals surface area contributed by atoms with E-state index in [1.54, 1.807) is 6.92 Å². The number of benzene rings is 1. The van der Waals surface area contributed by atoms with Gasteiger partial charge in [0.1, 0.15) is 5.82 Å². The highest BCUT2D eigenvalue weighted by Crippen LogP contribution is 2.19. The van der Waals surface area contributed by atoms with Crippen LogP contribution in [0.4, 0.5) is 5.69 Å². The number of anilines is 1. The lowest BCUT2D eigenvalue weighted by Crippen LogP contribution is -2.47. The van der Waals surface area contributed by atoms with Gasteiger partial charge in [-0.15, -0.1) is 0 Å². The van der Waals surface area contributed by atoms with Gasteiger partial charge < -0.3 is 20.3 Å². The Morgan fingerprint density at radius 2 is 1.90 bits per heavy atom. The summed E-state index contributed by atoms with van der Waals surface area (Å²) in [6, 6.07) is 7.79. The van der Waals surface area contributed by atoms with E-state index in [4.69, 9.17) is 22.1 Å². The minimum Gasteiger partial charge on any atom is -0.463 e. The van der Waals surface area contributed by atoms with Crippen molar-refractivity contribution in [3.8, 4) is 0 Å². The lowest BCUT2D eigenvalue weighted by molar-refractivity contribution is -0.137. The van der Waals surface area contributed by atoms with Gasteiger partial charge in [0, 0.05) is 36.9 Å². The van der Waals surface area contributed by atoms with E-state index in [2.05, 4.69) is 4.90 Å². The highest BCUT2D eigenvalue weighted by atomic mass is 35.5. The Kier molecular flexibility index (Phi) is 5.33. The Labute approximate surface area is 129 Å². The van der Waals surface area contributed by atoms with Gasteiger partial charge in [-0.1, -0.05) is 11.6 Å². The predicted octanol–water partition coefficient (Wildman–Crippen LogP) is 1.83. The summed E-state index contributed by atoms with van der Waals surface area (Å²) in [6.45, 7) is 5.35. The normalized spacial score (nSPS) is 16.0. The molecule has 5 nitrogen and oxygen atoms in total. The van der Waals surface area contributed by atoms with Crippen molar-refractivity contribution in [1.82, 2.24) is 4.90 Å². The first-order valence-electron chi connectivity index (χ1n) is 6.99. The number of halogens is 1. The van der Waals surface area contributed by atoms with Crippen LogP contribution in [0.2, 0.25) is 5.02 Å². The SMILES string of the molecule is CCOC(=O)C=C(N)N1CCN(c2ccc(Cl)cc2)CC1. The number of nitrogens with zero attached hydrogens (tertiary/aromatic N) is 2. The molecule has 0 radical (unpaired) electrons. The zero-order valence-corrected chi connectivity index (χ0v) is 12.8. The molecule has 0 aliphatic carbocycles. The summed E-state index contributed by atoms with van der Waals surface area (Å²) in [6.07, 6.45) is 1.35. The molecule has 2 N–H and O–H groups in total. The molecule has 1 aliphatic heterocycles. The van der Waals surface area contributed by atoms with Crippen molar-refractivity contribution in [1.29, 1.82) is 0 Å². The minimum absolute atomic E-state index is 0.354. The first kappa shape index (κ1) is 15.5. The van der Waals surface area contributed by atoms with Gasteiger partial charge in [0.25, 0.3) is 0 Å². The Bertz CT molecular complexity index is 508. The Morgan fingerprint density at radius 1 is 1.29 bits per heavy atom. The summed E-state index contributed by atoms with van der Waals surface area (Å²) in [5, 5.41) is 0.735. The molecule has 0 saturated carbocycles. The molecule has 2 rings (SSSR count). The molecular weight excluding hydrogens is 290 g/mol.